The number of benzene rings is 1. The molecule has 120 valence electrons. The van der Waals surface area contributed by atoms with Crippen molar-refractivity contribution in [2.75, 3.05) is 19.6 Å². The molecular weight excluding hydrogens is 276 g/mol. The van der Waals surface area contributed by atoms with Crippen LogP contribution in [-0.4, -0.2) is 35.5 Å². The average Bonchev–Trinajstić information content (AvgIpc) is 2.89. The Morgan fingerprint density at radius 3 is 2.55 bits per heavy atom. The number of aromatic amines is 1. The second-order valence-electron chi connectivity index (χ2n) is 5.68. The summed E-state index contributed by atoms with van der Waals surface area (Å²) in [7, 11) is 0. The summed E-state index contributed by atoms with van der Waals surface area (Å²) < 4.78 is 5.36. The number of hydrogen-bond acceptors (Lipinski definition) is 3. The summed E-state index contributed by atoms with van der Waals surface area (Å²) in [6.07, 6.45) is 5.34. The third-order valence-corrected chi connectivity index (χ3v) is 3.78. The van der Waals surface area contributed by atoms with Crippen LogP contribution >= 0.6 is 0 Å². The highest BCUT2D eigenvalue weighted by molar-refractivity contribution is 5.91. The first kappa shape index (κ1) is 16.6. The second kappa shape index (κ2) is 7.99. The van der Waals surface area contributed by atoms with Crippen LogP contribution in [0.5, 0.6) is 5.75 Å². The number of carbonyl (C=O) groups is 1. The fourth-order valence-corrected chi connectivity index (χ4v) is 2.90. The smallest absolute Gasteiger partial charge is 0.308 e. The van der Waals surface area contributed by atoms with Crippen molar-refractivity contribution in [1.82, 2.24) is 9.88 Å². The van der Waals surface area contributed by atoms with Crippen molar-refractivity contribution in [3.63, 3.8) is 0 Å². The van der Waals surface area contributed by atoms with Gasteiger partial charge in [0.2, 0.25) is 0 Å². The van der Waals surface area contributed by atoms with Crippen molar-refractivity contribution in [2.45, 2.75) is 40.0 Å². The second-order valence-corrected chi connectivity index (χ2v) is 5.68. The van der Waals surface area contributed by atoms with Gasteiger partial charge in [0.25, 0.3) is 0 Å². The topological polar surface area (TPSA) is 45.3 Å². The summed E-state index contributed by atoms with van der Waals surface area (Å²) >= 11 is 0. The van der Waals surface area contributed by atoms with E-state index in [1.165, 1.54) is 25.3 Å². The molecule has 0 aliphatic heterocycles. The third kappa shape index (κ3) is 4.10. The van der Waals surface area contributed by atoms with Gasteiger partial charge in [-0.2, -0.15) is 0 Å². The van der Waals surface area contributed by atoms with Gasteiger partial charge >= 0.3 is 5.97 Å². The Bertz CT molecular complexity index is 613. The maximum absolute atomic E-state index is 11.3. The molecule has 1 aromatic heterocycles. The van der Waals surface area contributed by atoms with Gasteiger partial charge in [0.1, 0.15) is 5.75 Å². The summed E-state index contributed by atoms with van der Waals surface area (Å²) in [6, 6.07) is 5.78. The van der Waals surface area contributed by atoms with E-state index in [2.05, 4.69) is 23.7 Å². The number of aromatic nitrogens is 1. The summed E-state index contributed by atoms with van der Waals surface area (Å²) in [6.45, 7) is 9.17. The first-order valence-corrected chi connectivity index (χ1v) is 8.15. The summed E-state index contributed by atoms with van der Waals surface area (Å²) in [4.78, 5) is 17.1. The molecule has 2 aromatic rings. The number of nitrogens with one attached hydrogen (secondary N) is 1. The zero-order valence-electron chi connectivity index (χ0n) is 13.8. The Morgan fingerprint density at radius 1 is 1.18 bits per heavy atom. The van der Waals surface area contributed by atoms with Crippen molar-refractivity contribution < 1.29 is 9.53 Å². The summed E-state index contributed by atoms with van der Waals surface area (Å²) in [5, 5.41) is 1.03. The minimum atomic E-state index is -0.279. The van der Waals surface area contributed by atoms with Gasteiger partial charge in [-0.1, -0.05) is 19.9 Å². The lowest BCUT2D eigenvalue weighted by Crippen LogP contribution is -2.27. The highest BCUT2D eigenvalue weighted by atomic mass is 16.5. The molecule has 0 bridgehead atoms. The van der Waals surface area contributed by atoms with Crippen LogP contribution in [0.15, 0.2) is 24.4 Å². The number of esters is 1. The molecule has 0 aliphatic rings. The van der Waals surface area contributed by atoms with Crippen LogP contribution in [-0.2, 0) is 11.2 Å². The molecule has 1 aromatic carbocycles. The molecule has 0 amide bonds. The van der Waals surface area contributed by atoms with Gasteiger partial charge in [0.15, 0.2) is 0 Å². The minimum absolute atomic E-state index is 0.279. The van der Waals surface area contributed by atoms with Crippen molar-refractivity contribution in [3.8, 4) is 5.75 Å². The van der Waals surface area contributed by atoms with E-state index in [9.17, 15) is 4.79 Å². The largest absolute Gasteiger partial charge is 0.426 e. The predicted molar refractivity (Wildman–Crippen MR) is 90.3 cm³/mol. The highest BCUT2D eigenvalue weighted by Gasteiger charge is 2.12. The maximum Gasteiger partial charge on any atom is 0.308 e. The quantitative estimate of drug-likeness (QED) is 0.596. The summed E-state index contributed by atoms with van der Waals surface area (Å²) in [5.41, 5.74) is 2.23. The molecule has 0 radical (unpaired) electrons. The molecule has 0 fully saturated rings. The molecule has 0 saturated carbocycles. The Balaban J connectivity index is 2.18. The van der Waals surface area contributed by atoms with E-state index in [1.807, 2.05) is 24.4 Å². The molecule has 22 heavy (non-hydrogen) atoms. The highest BCUT2D eigenvalue weighted by Crippen LogP contribution is 2.29. The molecule has 1 N–H and O–H groups in total. The van der Waals surface area contributed by atoms with E-state index in [1.54, 1.807) is 0 Å². The average molecular weight is 302 g/mol. The number of nitrogens with zero attached hydrogens (tertiary/aromatic N) is 1. The number of rotatable bonds is 8. The van der Waals surface area contributed by atoms with Gasteiger partial charge in [0.05, 0.1) is 0 Å². The lowest BCUT2D eigenvalue weighted by Gasteiger charge is -2.20. The molecular formula is C18H26N2O2. The monoisotopic (exact) mass is 302 g/mol. The summed E-state index contributed by atoms with van der Waals surface area (Å²) in [5.74, 6) is 0.372. The van der Waals surface area contributed by atoms with Crippen molar-refractivity contribution in [3.05, 3.63) is 30.0 Å². The van der Waals surface area contributed by atoms with Crippen molar-refractivity contribution >= 4 is 16.9 Å². The Kier molecular flexibility index (Phi) is 6.01. The first-order chi connectivity index (χ1) is 10.7. The van der Waals surface area contributed by atoms with Crippen LogP contribution in [0, 0.1) is 0 Å². The van der Waals surface area contributed by atoms with E-state index >= 15 is 0 Å². The molecule has 0 saturated heterocycles. The van der Waals surface area contributed by atoms with E-state index < -0.39 is 0 Å². The zero-order chi connectivity index (χ0) is 15.9. The standard InChI is InChI=1S/C18H26N2O2/c1-4-10-20(11-5-2)12-9-15-13-19-16-7-6-8-17(18(15)16)22-14(3)21/h6-8,13,19H,4-5,9-12H2,1-3H3. The first-order valence-electron chi connectivity index (χ1n) is 8.15. The maximum atomic E-state index is 11.3. The lowest BCUT2D eigenvalue weighted by atomic mass is 10.1. The van der Waals surface area contributed by atoms with Crippen LogP contribution in [0.1, 0.15) is 39.2 Å². The predicted octanol–water partition coefficient (Wildman–Crippen LogP) is 3.76. The number of carbonyl (C=O) groups excluding carboxylic acids is 1. The van der Waals surface area contributed by atoms with Crippen LogP contribution < -0.4 is 4.74 Å². The number of fused-ring (bicyclic) bond motifs is 1. The van der Waals surface area contributed by atoms with Gasteiger partial charge in [-0.05, 0) is 50.0 Å². The number of ether oxygens (including phenoxy) is 1. The van der Waals surface area contributed by atoms with Gasteiger partial charge < -0.3 is 14.6 Å². The number of hydrogen-bond donors (Lipinski definition) is 1. The van der Waals surface area contributed by atoms with Gasteiger partial charge in [-0.3, -0.25) is 4.79 Å². The third-order valence-electron chi connectivity index (χ3n) is 3.78. The zero-order valence-corrected chi connectivity index (χ0v) is 13.8. The van der Waals surface area contributed by atoms with Gasteiger partial charge in [-0.25, -0.2) is 0 Å². The minimum Gasteiger partial charge on any atom is -0.426 e. The molecule has 0 aliphatic carbocycles. The van der Waals surface area contributed by atoms with Crippen LogP contribution in [0.25, 0.3) is 10.9 Å². The molecule has 0 spiro atoms. The molecule has 0 unspecified atom stereocenters. The van der Waals surface area contributed by atoms with Crippen molar-refractivity contribution in [1.29, 1.82) is 0 Å². The van der Waals surface area contributed by atoms with E-state index in [0.29, 0.717) is 5.75 Å². The molecule has 4 heteroatoms. The Morgan fingerprint density at radius 2 is 1.91 bits per heavy atom. The van der Waals surface area contributed by atoms with Crippen LogP contribution in [0.4, 0.5) is 0 Å². The SMILES string of the molecule is CCCN(CCC)CCc1c[nH]c2cccc(OC(C)=O)c12. The van der Waals surface area contributed by atoms with E-state index in [0.717, 1.165) is 37.0 Å². The van der Waals surface area contributed by atoms with Gasteiger partial charge in [-0.15, -0.1) is 0 Å². The molecule has 1 heterocycles. The van der Waals surface area contributed by atoms with Crippen LogP contribution in [0.2, 0.25) is 0 Å². The fourth-order valence-electron chi connectivity index (χ4n) is 2.90. The van der Waals surface area contributed by atoms with E-state index in [-0.39, 0.29) is 5.97 Å². The molecule has 4 nitrogen and oxygen atoms in total. The Hall–Kier alpha value is -1.81. The molecule has 2 rings (SSSR count). The van der Waals surface area contributed by atoms with Gasteiger partial charge in [0, 0.05) is 30.6 Å². The normalized spacial score (nSPS) is 11.3. The number of H-pyrrole nitrogens is 1. The Labute approximate surface area is 132 Å². The fraction of sp³-hybridized carbons (Fsp3) is 0.500. The van der Waals surface area contributed by atoms with Crippen molar-refractivity contribution in [2.24, 2.45) is 0 Å². The lowest BCUT2D eigenvalue weighted by molar-refractivity contribution is -0.131. The molecule has 0 atom stereocenters. The van der Waals surface area contributed by atoms with Crippen LogP contribution in [0.3, 0.4) is 0 Å². The van der Waals surface area contributed by atoms with E-state index in [4.69, 9.17) is 4.74 Å².